The molecule has 0 N–H and O–H groups in total. The Balaban J connectivity index is 1.90. The zero-order valence-electron chi connectivity index (χ0n) is 23.0. The number of hydrogen-bond acceptors (Lipinski definition) is 3. The van der Waals surface area contributed by atoms with Gasteiger partial charge in [-0.15, -0.1) is 0 Å². The Kier molecular flexibility index (Phi) is 10.2. The molecule has 0 spiro atoms. The van der Waals surface area contributed by atoms with Crippen LogP contribution in [0.25, 0.3) is 11.1 Å². The second kappa shape index (κ2) is 12.9. The molecule has 0 aromatic heterocycles. The minimum absolute atomic E-state index is 0.0377. The van der Waals surface area contributed by atoms with Crippen molar-refractivity contribution in [3.05, 3.63) is 88.4 Å². The smallest absolute Gasteiger partial charge is 0.224 e. The summed E-state index contributed by atoms with van der Waals surface area (Å²) >= 11 is 3.74. The SMILES string of the molecule is COc1ccc(COCC#CC(O[Si](C(C)(C)C)C(C)(C)C)c2ccccc2-c2ccccc2Br)cc1. The van der Waals surface area contributed by atoms with Crippen molar-refractivity contribution in [2.75, 3.05) is 13.7 Å². The maximum absolute atomic E-state index is 7.00. The molecule has 3 aromatic rings. The molecule has 0 saturated heterocycles. The van der Waals surface area contributed by atoms with Gasteiger partial charge in [-0.2, -0.15) is 0 Å². The van der Waals surface area contributed by atoms with Crippen molar-refractivity contribution in [2.24, 2.45) is 0 Å². The van der Waals surface area contributed by atoms with E-state index < -0.39 is 9.04 Å². The first kappa shape index (κ1) is 29.2. The van der Waals surface area contributed by atoms with Gasteiger partial charge in [0.1, 0.15) is 18.5 Å². The zero-order chi connectivity index (χ0) is 27.1. The second-order valence-electron chi connectivity index (χ2n) is 11.1. The van der Waals surface area contributed by atoms with Gasteiger partial charge in [0, 0.05) is 4.47 Å². The molecule has 195 valence electrons. The number of ether oxygens (including phenoxy) is 2. The summed E-state index contributed by atoms with van der Waals surface area (Å²) in [6.07, 6.45) is -0.361. The van der Waals surface area contributed by atoms with Crippen molar-refractivity contribution in [3.8, 4) is 28.7 Å². The van der Waals surface area contributed by atoms with Crippen molar-refractivity contribution < 1.29 is 13.9 Å². The molecule has 5 heteroatoms. The summed E-state index contributed by atoms with van der Waals surface area (Å²) in [5, 5.41) is 0.0754. The van der Waals surface area contributed by atoms with Crippen molar-refractivity contribution in [3.63, 3.8) is 0 Å². The van der Waals surface area contributed by atoms with Gasteiger partial charge in [-0.05, 0) is 50.5 Å². The molecule has 0 heterocycles. The summed E-state index contributed by atoms with van der Waals surface area (Å²) < 4.78 is 19.2. The van der Waals surface area contributed by atoms with Gasteiger partial charge in [-0.1, -0.05) is 124 Å². The van der Waals surface area contributed by atoms with Crippen LogP contribution in [0.2, 0.25) is 10.1 Å². The highest BCUT2D eigenvalue weighted by Gasteiger charge is 2.41. The molecule has 1 atom stereocenters. The molecule has 3 nitrogen and oxygen atoms in total. The first-order valence-electron chi connectivity index (χ1n) is 12.6. The minimum Gasteiger partial charge on any atom is -0.497 e. The summed E-state index contributed by atoms with van der Waals surface area (Å²) in [6, 6.07) is 24.6. The van der Waals surface area contributed by atoms with Crippen LogP contribution in [-0.2, 0) is 15.8 Å². The molecule has 0 bridgehead atoms. The molecular formula is C32H38BrO3Si. The van der Waals surface area contributed by atoms with Crippen LogP contribution < -0.4 is 4.74 Å². The molecule has 0 amide bonds. The Bertz CT molecular complexity index is 1200. The first-order valence-corrected chi connectivity index (χ1v) is 14.8. The summed E-state index contributed by atoms with van der Waals surface area (Å²) in [5.74, 6) is 7.53. The summed E-state index contributed by atoms with van der Waals surface area (Å²) in [4.78, 5) is 0. The molecule has 3 aromatic carbocycles. The second-order valence-corrected chi connectivity index (χ2v) is 15.8. The number of hydrogen-bond donors (Lipinski definition) is 0. The highest BCUT2D eigenvalue weighted by molar-refractivity contribution is 9.10. The van der Waals surface area contributed by atoms with Gasteiger partial charge in [0.05, 0.1) is 13.7 Å². The van der Waals surface area contributed by atoms with Crippen LogP contribution in [0.15, 0.2) is 77.3 Å². The molecule has 1 radical (unpaired) electrons. The molecule has 37 heavy (non-hydrogen) atoms. The average Bonchev–Trinajstić information content (AvgIpc) is 2.85. The zero-order valence-corrected chi connectivity index (χ0v) is 25.6. The maximum Gasteiger partial charge on any atom is 0.224 e. The maximum atomic E-state index is 7.00. The number of benzene rings is 3. The van der Waals surface area contributed by atoms with E-state index in [2.05, 4.69) is 112 Å². The van der Waals surface area contributed by atoms with Crippen LogP contribution in [-0.4, -0.2) is 22.8 Å². The van der Waals surface area contributed by atoms with E-state index in [9.17, 15) is 0 Å². The third kappa shape index (κ3) is 8.31. The Morgan fingerprint density at radius 3 is 2.00 bits per heavy atom. The van der Waals surface area contributed by atoms with E-state index in [1.807, 2.05) is 30.3 Å². The van der Waals surface area contributed by atoms with Gasteiger partial charge in [0.25, 0.3) is 0 Å². The topological polar surface area (TPSA) is 27.7 Å². The lowest BCUT2D eigenvalue weighted by atomic mass is 9.96. The van der Waals surface area contributed by atoms with E-state index in [1.165, 1.54) is 0 Å². The summed E-state index contributed by atoms with van der Waals surface area (Å²) in [6.45, 7) is 14.5. The predicted octanol–water partition coefficient (Wildman–Crippen LogP) is 8.99. The van der Waals surface area contributed by atoms with E-state index in [4.69, 9.17) is 13.9 Å². The lowest BCUT2D eigenvalue weighted by molar-refractivity contribution is 0.153. The highest BCUT2D eigenvalue weighted by Crippen LogP contribution is 2.45. The molecule has 0 fully saturated rings. The monoisotopic (exact) mass is 577 g/mol. The van der Waals surface area contributed by atoms with Gasteiger partial charge >= 0.3 is 0 Å². The van der Waals surface area contributed by atoms with Gasteiger partial charge < -0.3 is 13.9 Å². The first-order chi connectivity index (χ1) is 17.5. The van der Waals surface area contributed by atoms with E-state index in [-0.39, 0.29) is 16.2 Å². The summed E-state index contributed by atoms with van der Waals surface area (Å²) in [5.41, 5.74) is 4.41. The van der Waals surface area contributed by atoms with Crippen molar-refractivity contribution in [1.82, 2.24) is 0 Å². The standard InChI is InChI=1S/C32H38BrO3Si/c1-31(2,3)37(32(4,5)6)36-30(17-12-22-35-23-24-18-20-25(34-7)21-19-24)28-15-9-8-13-26(28)27-14-10-11-16-29(27)33/h8-11,13-16,18-21,30H,22-23H2,1-7H3. The quantitative estimate of drug-likeness (QED) is 0.152. The van der Waals surface area contributed by atoms with Crippen molar-refractivity contribution >= 4 is 25.0 Å². The lowest BCUT2D eigenvalue weighted by Gasteiger charge is -2.39. The Morgan fingerprint density at radius 2 is 1.41 bits per heavy atom. The molecule has 3 rings (SSSR count). The van der Waals surface area contributed by atoms with Crippen LogP contribution in [0.3, 0.4) is 0 Å². The van der Waals surface area contributed by atoms with Gasteiger partial charge in [-0.25, -0.2) is 0 Å². The average molecular weight is 579 g/mol. The molecule has 0 aliphatic carbocycles. The third-order valence-corrected chi connectivity index (χ3v) is 9.73. The van der Waals surface area contributed by atoms with E-state index in [0.717, 1.165) is 32.5 Å². The molecule has 0 saturated carbocycles. The number of halogens is 1. The molecular weight excluding hydrogens is 540 g/mol. The normalized spacial score (nSPS) is 12.7. The third-order valence-electron chi connectivity index (χ3n) is 5.84. The van der Waals surface area contributed by atoms with Crippen molar-refractivity contribution in [2.45, 2.75) is 64.3 Å². The predicted molar refractivity (Wildman–Crippen MR) is 159 cm³/mol. The van der Waals surface area contributed by atoms with Crippen LogP contribution in [0.5, 0.6) is 5.75 Å². The lowest BCUT2D eigenvalue weighted by Crippen LogP contribution is -2.39. The molecule has 0 aliphatic rings. The fourth-order valence-corrected chi connectivity index (χ4v) is 8.37. The van der Waals surface area contributed by atoms with E-state index in [0.29, 0.717) is 13.2 Å². The fraction of sp³-hybridized carbons (Fsp3) is 0.375. The summed E-state index contributed by atoms with van der Waals surface area (Å²) in [7, 11) is 0.379. The van der Waals surface area contributed by atoms with Gasteiger partial charge in [0.15, 0.2) is 0 Å². The Morgan fingerprint density at radius 1 is 0.811 bits per heavy atom. The van der Waals surface area contributed by atoms with Crippen LogP contribution in [0.4, 0.5) is 0 Å². The van der Waals surface area contributed by atoms with E-state index >= 15 is 0 Å². The number of methoxy groups -OCH3 is 1. The highest BCUT2D eigenvalue weighted by atomic mass is 79.9. The minimum atomic E-state index is -1.29. The van der Waals surface area contributed by atoms with Crippen molar-refractivity contribution in [1.29, 1.82) is 0 Å². The Hall–Kier alpha value is -2.36. The van der Waals surface area contributed by atoms with Gasteiger partial charge in [0.2, 0.25) is 9.04 Å². The van der Waals surface area contributed by atoms with Gasteiger partial charge in [-0.3, -0.25) is 0 Å². The fourth-order valence-electron chi connectivity index (χ4n) is 4.49. The molecule has 1 unspecified atom stereocenters. The largest absolute Gasteiger partial charge is 0.497 e. The van der Waals surface area contributed by atoms with Crippen LogP contribution >= 0.6 is 15.9 Å². The molecule has 0 aliphatic heterocycles. The van der Waals surface area contributed by atoms with Crippen LogP contribution in [0.1, 0.15) is 58.8 Å². The Labute approximate surface area is 233 Å². The van der Waals surface area contributed by atoms with Crippen LogP contribution in [0, 0.1) is 11.8 Å². The number of rotatable bonds is 8. The van der Waals surface area contributed by atoms with E-state index in [1.54, 1.807) is 7.11 Å².